The molecule has 0 aliphatic rings. The van der Waals surface area contributed by atoms with Crippen LogP contribution in [0.3, 0.4) is 0 Å². The van der Waals surface area contributed by atoms with E-state index in [2.05, 4.69) is 32.1 Å². The topological polar surface area (TPSA) is 91.3 Å². The molecule has 0 saturated heterocycles. The maximum absolute atomic E-state index is 13.6. The van der Waals surface area contributed by atoms with Gasteiger partial charge in [-0.1, -0.05) is 76.2 Å². The minimum absolute atomic E-state index is 0.103. The van der Waals surface area contributed by atoms with Gasteiger partial charge in [0.05, 0.1) is 18.8 Å². The van der Waals surface area contributed by atoms with Crippen molar-refractivity contribution < 1.29 is 9.84 Å². The molecule has 39 heavy (non-hydrogen) atoms. The highest BCUT2D eigenvalue weighted by Gasteiger charge is 2.23. The van der Waals surface area contributed by atoms with E-state index in [1.807, 2.05) is 61.0 Å². The highest BCUT2D eigenvalue weighted by atomic mass is 16.5. The van der Waals surface area contributed by atoms with E-state index >= 15 is 0 Å². The lowest BCUT2D eigenvalue weighted by atomic mass is 10.0. The number of hydrogen-bond acceptors (Lipinski definition) is 5. The van der Waals surface area contributed by atoms with Crippen molar-refractivity contribution in [3.05, 3.63) is 87.1 Å². The maximum atomic E-state index is 13.6. The highest BCUT2D eigenvalue weighted by Crippen LogP contribution is 2.31. The van der Waals surface area contributed by atoms with Gasteiger partial charge in [-0.2, -0.15) is 5.10 Å². The predicted molar refractivity (Wildman–Crippen MR) is 156 cm³/mol. The van der Waals surface area contributed by atoms with Gasteiger partial charge >= 0.3 is 5.69 Å². The summed E-state index contributed by atoms with van der Waals surface area (Å²) >= 11 is 0. The third-order valence-electron chi connectivity index (χ3n) is 6.54. The van der Waals surface area contributed by atoms with E-state index in [4.69, 9.17) is 9.84 Å². The number of ether oxygens (including phenoxy) is 1. The Kier molecular flexibility index (Phi) is 8.86. The Labute approximate surface area is 228 Å². The van der Waals surface area contributed by atoms with Gasteiger partial charge in [0, 0.05) is 19.2 Å². The lowest BCUT2D eigenvalue weighted by Crippen LogP contribution is -2.38. The second-order valence-electron chi connectivity index (χ2n) is 10.7. The lowest BCUT2D eigenvalue weighted by Gasteiger charge is -2.14. The van der Waals surface area contributed by atoms with Crippen molar-refractivity contribution >= 4 is 16.6 Å². The lowest BCUT2D eigenvalue weighted by molar-refractivity contribution is 0.201. The van der Waals surface area contributed by atoms with Crippen molar-refractivity contribution in [3.63, 3.8) is 0 Å². The van der Waals surface area contributed by atoms with Gasteiger partial charge in [0.1, 0.15) is 17.7 Å². The molecule has 0 aliphatic heterocycles. The van der Waals surface area contributed by atoms with E-state index in [9.17, 15) is 14.7 Å². The molecule has 4 aromatic rings. The molecule has 0 amide bonds. The molecule has 2 aromatic carbocycles. The first-order valence-corrected chi connectivity index (χ1v) is 13.5. The Balaban J connectivity index is 2.01. The number of aliphatic hydroxyl groups excluding tert-OH is 1. The Hall–Kier alpha value is -3.91. The number of rotatable bonds is 11. The fourth-order valence-electron chi connectivity index (χ4n) is 4.66. The average molecular weight is 531 g/mol. The molecule has 0 saturated carbocycles. The van der Waals surface area contributed by atoms with E-state index < -0.39 is 0 Å². The molecular formula is C31H38N4O4. The van der Waals surface area contributed by atoms with Crippen LogP contribution in [-0.4, -0.2) is 37.2 Å². The number of allylic oxidation sites excluding steroid dienone is 2. The van der Waals surface area contributed by atoms with E-state index in [0.29, 0.717) is 41.5 Å². The van der Waals surface area contributed by atoms with Gasteiger partial charge in [0.2, 0.25) is 0 Å². The molecule has 1 N–H and O–H groups in total. The average Bonchev–Trinajstić information content (AvgIpc) is 3.30. The van der Waals surface area contributed by atoms with Crippen molar-refractivity contribution in [1.29, 1.82) is 0 Å². The summed E-state index contributed by atoms with van der Waals surface area (Å²) in [5.41, 5.74) is 3.16. The van der Waals surface area contributed by atoms with Crippen molar-refractivity contribution in [2.75, 3.05) is 13.2 Å². The summed E-state index contributed by atoms with van der Waals surface area (Å²) in [6, 6.07) is 17.6. The molecule has 0 unspecified atom stereocenters. The van der Waals surface area contributed by atoms with Crippen molar-refractivity contribution in [2.45, 2.75) is 47.2 Å². The van der Waals surface area contributed by atoms with Crippen LogP contribution in [0.1, 0.15) is 39.7 Å². The minimum Gasteiger partial charge on any atom is -0.491 e. The van der Waals surface area contributed by atoms with Crippen LogP contribution in [0.5, 0.6) is 5.75 Å². The van der Waals surface area contributed by atoms with Gasteiger partial charge in [0.25, 0.3) is 5.56 Å². The van der Waals surface area contributed by atoms with E-state index in [-0.39, 0.29) is 30.4 Å². The van der Waals surface area contributed by atoms with Gasteiger partial charge in [-0.05, 0) is 41.5 Å². The number of fused-ring (bicyclic) bond motifs is 1. The van der Waals surface area contributed by atoms with Crippen LogP contribution >= 0.6 is 0 Å². The molecule has 0 fully saturated rings. The van der Waals surface area contributed by atoms with Crippen LogP contribution in [0.4, 0.5) is 0 Å². The molecule has 0 atom stereocenters. The molecule has 8 heteroatoms. The normalized spacial score (nSPS) is 12.2. The monoisotopic (exact) mass is 530 g/mol. The number of aromatic nitrogens is 4. The Bertz CT molecular complexity index is 1580. The number of hydrogen-bond donors (Lipinski definition) is 1. The van der Waals surface area contributed by atoms with E-state index in [1.165, 1.54) is 11.6 Å². The van der Waals surface area contributed by atoms with Crippen LogP contribution in [0.15, 0.2) is 70.3 Å². The van der Waals surface area contributed by atoms with Gasteiger partial charge in [-0.15, -0.1) is 0 Å². The fourth-order valence-corrected chi connectivity index (χ4v) is 4.66. The molecule has 0 radical (unpaired) electrons. The van der Waals surface area contributed by atoms with Crippen LogP contribution < -0.4 is 16.0 Å². The van der Waals surface area contributed by atoms with Crippen molar-refractivity contribution in [3.8, 4) is 17.0 Å². The summed E-state index contributed by atoms with van der Waals surface area (Å²) in [6.07, 6.45) is 3.13. The van der Waals surface area contributed by atoms with Gasteiger partial charge in [0.15, 0.2) is 5.65 Å². The van der Waals surface area contributed by atoms with E-state index in [0.717, 1.165) is 23.1 Å². The quantitative estimate of drug-likeness (QED) is 0.303. The van der Waals surface area contributed by atoms with Crippen LogP contribution in [-0.2, 0) is 20.1 Å². The molecule has 0 spiro atoms. The summed E-state index contributed by atoms with van der Waals surface area (Å²) in [7, 11) is 1.51. The highest BCUT2D eigenvalue weighted by molar-refractivity contribution is 5.91. The molecule has 206 valence electrons. The van der Waals surface area contributed by atoms with Gasteiger partial charge in [-0.25, -0.2) is 4.79 Å². The molecular weight excluding hydrogens is 492 g/mol. The third kappa shape index (κ3) is 6.23. The SMILES string of the molecule is CC(C)CC=C(Cn1nc2c(c1-c1cccc(OCCO)c1)c(=O)n(C)c(=O)n2CC(C)C)c1ccccc1. The second kappa shape index (κ2) is 12.3. The number of nitrogens with zero attached hydrogens (tertiary/aromatic N) is 4. The fraction of sp³-hybridized carbons (Fsp3) is 0.387. The van der Waals surface area contributed by atoms with Gasteiger partial charge in [-0.3, -0.25) is 18.6 Å². The summed E-state index contributed by atoms with van der Waals surface area (Å²) in [5, 5.41) is 14.6. The zero-order chi connectivity index (χ0) is 28.1. The first kappa shape index (κ1) is 28.1. The van der Waals surface area contributed by atoms with E-state index in [1.54, 1.807) is 4.57 Å². The molecule has 0 aliphatic carbocycles. The zero-order valence-corrected chi connectivity index (χ0v) is 23.4. The molecule has 8 nitrogen and oxygen atoms in total. The smallest absolute Gasteiger partial charge is 0.332 e. The molecule has 2 heterocycles. The van der Waals surface area contributed by atoms with Crippen LogP contribution in [0, 0.1) is 11.8 Å². The molecule has 2 aromatic heterocycles. The molecule has 0 bridgehead atoms. The summed E-state index contributed by atoms with van der Waals surface area (Å²) in [6.45, 7) is 9.34. The Morgan fingerprint density at radius 1 is 1.03 bits per heavy atom. The predicted octanol–water partition coefficient (Wildman–Crippen LogP) is 4.72. The third-order valence-corrected chi connectivity index (χ3v) is 6.54. The zero-order valence-electron chi connectivity index (χ0n) is 23.4. The Morgan fingerprint density at radius 2 is 1.77 bits per heavy atom. The summed E-state index contributed by atoms with van der Waals surface area (Å²) < 4.78 is 10.3. The maximum Gasteiger partial charge on any atom is 0.332 e. The number of benzene rings is 2. The molecule has 4 rings (SSSR count). The Morgan fingerprint density at radius 3 is 2.44 bits per heavy atom. The van der Waals surface area contributed by atoms with Crippen LogP contribution in [0.2, 0.25) is 0 Å². The standard InChI is InChI=1S/C31H38N4O4/c1-21(2)14-15-25(23-10-7-6-8-11-23)20-35-28(24-12-9-13-26(18-24)39-17-16-36)27-29(32-35)34(19-22(3)4)31(38)33(5)30(27)37/h6-13,15,18,21-22,36H,14,16-17,19-20H2,1-5H3. The largest absolute Gasteiger partial charge is 0.491 e. The van der Waals surface area contributed by atoms with Crippen molar-refractivity contribution in [1.82, 2.24) is 18.9 Å². The first-order valence-electron chi connectivity index (χ1n) is 13.5. The minimum atomic E-state index is -0.384. The van der Waals surface area contributed by atoms with Gasteiger partial charge < -0.3 is 9.84 Å². The summed E-state index contributed by atoms with van der Waals surface area (Å²) in [5.74, 6) is 1.23. The first-order chi connectivity index (χ1) is 18.7. The second-order valence-corrected chi connectivity index (χ2v) is 10.7. The summed E-state index contributed by atoms with van der Waals surface area (Å²) in [4.78, 5) is 26.9. The van der Waals surface area contributed by atoms with Crippen molar-refractivity contribution in [2.24, 2.45) is 18.9 Å². The van der Waals surface area contributed by atoms with Crippen LogP contribution in [0.25, 0.3) is 27.9 Å². The number of aliphatic hydroxyl groups is 1.